The van der Waals surface area contributed by atoms with Crippen LogP contribution < -0.4 is 10.6 Å². The molecule has 1 heterocycles. The molecular weight excluding hydrogens is 480 g/mol. The van der Waals surface area contributed by atoms with E-state index in [0.717, 1.165) is 34.6 Å². The number of hydrogen-bond acceptors (Lipinski definition) is 4. The van der Waals surface area contributed by atoms with Gasteiger partial charge in [-0.05, 0) is 48.3 Å². The number of fused-ring (bicyclic) bond motifs is 1. The Morgan fingerprint density at radius 2 is 1.66 bits per heavy atom. The number of nitrogens with zero attached hydrogens (tertiary/aromatic N) is 1. The van der Waals surface area contributed by atoms with Gasteiger partial charge in [0.25, 0.3) is 5.91 Å². The minimum atomic E-state index is -0.517. The largest absolute Gasteiger partial charge is 0.346 e. The van der Waals surface area contributed by atoms with Crippen molar-refractivity contribution in [2.45, 2.75) is 24.9 Å². The SMILES string of the molecule is CSCC[C@H](NC(=O)C[C@@H](NC(=O)c1ccccc1Cl)c1ccccc1)c1nc2ccccc2[nH]1. The van der Waals surface area contributed by atoms with Crippen LogP contribution in [0.15, 0.2) is 78.9 Å². The third kappa shape index (κ3) is 6.44. The summed E-state index contributed by atoms with van der Waals surface area (Å²) in [4.78, 5) is 34.2. The van der Waals surface area contributed by atoms with E-state index in [4.69, 9.17) is 16.6 Å². The van der Waals surface area contributed by atoms with Gasteiger partial charge in [-0.2, -0.15) is 11.8 Å². The Hall–Kier alpha value is -3.29. The Balaban J connectivity index is 1.52. The lowest BCUT2D eigenvalue weighted by Gasteiger charge is -2.22. The Morgan fingerprint density at radius 1 is 0.943 bits per heavy atom. The van der Waals surface area contributed by atoms with Crippen LogP contribution in [0.4, 0.5) is 0 Å². The van der Waals surface area contributed by atoms with E-state index in [1.54, 1.807) is 36.0 Å². The molecule has 4 aromatic rings. The van der Waals surface area contributed by atoms with Crippen molar-refractivity contribution in [3.8, 4) is 0 Å². The summed E-state index contributed by atoms with van der Waals surface area (Å²) < 4.78 is 0. The van der Waals surface area contributed by atoms with E-state index in [9.17, 15) is 9.59 Å². The molecule has 0 saturated heterocycles. The molecule has 4 rings (SSSR count). The molecular formula is C27H27ClN4O2S. The predicted octanol–water partition coefficient (Wildman–Crippen LogP) is 5.69. The molecule has 0 saturated carbocycles. The first-order valence-corrected chi connectivity index (χ1v) is 13.2. The Labute approximate surface area is 213 Å². The zero-order chi connectivity index (χ0) is 24.6. The molecule has 0 radical (unpaired) electrons. The smallest absolute Gasteiger partial charge is 0.253 e. The van der Waals surface area contributed by atoms with Crippen LogP contribution in [0, 0.1) is 0 Å². The predicted molar refractivity (Wildman–Crippen MR) is 143 cm³/mol. The van der Waals surface area contributed by atoms with Crippen molar-refractivity contribution >= 4 is 46.2 Å². The van der Waals surface area contributed by atoms with E-state index < -0.39 is 6.04 Å². The molecule has 1 aromatic heterocycles. The summed E-state index contributed by atoms with van der Waals surface area (Å²) in [7, 11) is 0. The van der Waals surface area contributed by atoms with E-state index in [0.29, 0.717) is 10.6 Å². The van der Waals surface area contributed by atoms with Crippen LogP contribution in [0.2, 0.25) is 5.02 Å². The summed E-state index contributed by atoms with van der Waals surface area (Å²) in [6, 6.07) is 23.4. The van der Waals surface area contributed by atoms with Gasteiger partial charge in [0.15, 0.2) is 0 Å². The van der Waals surface area contributed by atoms with E-state index in [1.807, 2.05) is 60.9 Å². The normalized spacial score (nSPS) is 12.7. The van der Waals surface area contributed by atoms with Gasteiger partial charge in [0, 0.05) is 0 Å². The number of halogens is 1. The van der Waals surface area contributed by atoms with Crippen LogP contribution in [0.3, 0.4) is 0 Å². The van der Waals surface area contributed by atoms with Gasteiger partial charge in [0.2, 0.25) is 5.91 Å². The number of para-hydroxylation sites is 2. The molecule has 3 aromatic carbocycles. The van der Waals surface area contributed by atoms with Crippen LogP contribution in [-0.4, -0.2) is 33.8 Å². The second-order valence-corrected chi connectivity index (χ2v) is 9.55. The zero-order valence-electron chi connectivity index (χ0n) is 19.3. The molecule has 35 heavy (non-hydrogen) atoms. The quantitative estimate of drug-likeness (QED) is 0.258. The lowest BCUT2D eigenvalue weighted by molar-refractivity contribution is -0.122. The van der Waals surface area contributed by atoms with Crippen molar-refractivity contribution < 1.29 is 9.59 Å². The maximum absolute atomic E-state index is 13.2. The highest BCUT2D eigenvalue weighted by Gasteiger charge is 2.23. The third-order valence-electron chi connectivity index (χ3n) is 5.70. The maximum Gasteiger partial charge on any atom is 0.253 e. The number of H-pyrrole nitrogens is 1. The van der Waals surface area contributed by atoms with Crippen molar-refractivity contribution in [1.29, 1.82) is 0 Å². The molecule has 8 heteroatoms. The van der Waals surface area contributed by atoms with Gasteiger partial charge in [-0.25, -0.2) is 4.98 Å². The molecule has 0 unspecified atom stereocenters. The number of rotatable bonds is 10. The average molecular weight is 507 g/mol. The topological polar surface area (TPSA) is 86.9 Å². The van der Waals surface area contributed by atoms with Gasteiger partial charge in [-0.1, -0.05) is 66.2 Å². The van der Waals surface area contributed by atoms with Crippen molar-refractivity contribution in [3.63, 3.8) is 0 Å². The van der Waals surface area contributed by atoms with Crippen molar-refractivity contribution in [3.05, 3.63) is 101 Å². The summed E-state index contributed by atoms with van der Waals surface area (Å²) >= 11 is 7.93. The van der Waals surface area contributed by atoms with Crippen LogP contribution in [0.1, 0.15) is 46.7 Å². The molecule has 0 aliphatic heterocycles. The molecule has 0 fully saturated rings. The summed E-state index contributed by atoms with van der Waals surface area (Å²) in [6.07, 6.45) is 2.85. The number of carbonyl (C=O) groups excluding carboxylic acids is 2. The average Bonchev–Trinajstić information content (AvgIpc) is 3.31. The number of aromatic amines is 1. The van der Waals surface area contributed by atoms with Crippen molar-refractivity contribution in [2.75, 3.05) is 12.0 Å². The highest BCUT2D eigenvalue weighted by molar-refractivity contribution is 7.98. The van der Waals surface area contributed by atoms with Gasteiger partial charge in [0.05, 0.1) is 40.1 Å². The lowest BCUT2D eigenvalue weighted by Crippen LogP contribution is -2.36. The Kier molecular flexibility index (Phi) is 8.45. The third-order valence-corrected chi connectivity index (χ3v) is 6.67. The van der Waals surface area contributed by atoms with Gasteiger partial charge < -0.3 is 15.6 Å². The Bertz CT molecular complexity index is 1260. The van der Waals surface area contributed by atoms with Crippen molar-refractivity contribution in [1.82, 2.24) is 20.6 Å². The standard InChI is InChI=1S/C27H27ClN4O2S/c1-35-16-15-23(26-30-21-13-7-8-14-22(21)31-26)29-25(33)17-24(18-9-3-2-4-10-18)32-27(34)19-11-5-6-12-20(19)28/h2-14,23-24H,15-17H2,1H3,(H,29,33)(H,30,31)(H,32,34)/t23-,24+/m0/s1. The zero-order valence-corrected chi connectivity index (χ0v) is 20.9. The summed E-state index contributed by atoms with van der Waals surface area (Å²) in [5, 5.41) is 6.48. The molecule has 0 spiro atoms. The fraction of sp³-hybridized carbons (Fsp3) is 0.222. The summed E-state index contributed by atoms with van der Waals surface area (Å²) in [6.45, 7) is 0. The number of nitrogens with one attached hydrogen (secondary N) is 3. The first kappa shape index (κ1) is 24.8. The van der Waals surface area contributed by atoms with E-state index in [-0.39, 0.29) is 24.3 Å². The first-order chi connectivity index (χ1) is 17.0. The first-order valence-electron chi connectivity index (χ1n) is 11.4. The molecule has 0 aliphatic rings. The minimum Gasteiger partial charge on any atom is -0.346 e. The van der Waals surface area contributed by atoms with Crippen molar-refractivity contribution in [2.24, 2.45) is 0 Å². The van der Waals surface area contributed by atoms with E-state index in [1.165, 1.54) is 0 Å². The number of benzene rings is 3. The maximum atomic E-state index is 13.2. The fourth-order valence-corrected chi connectivity index (χ4v) is 4.60. The van der Waals surface area contributed by atoms with Crippen LogP contribution in [-0.2, 0) is 4.79 Å². The van der Waals surface area contributed by atoms with E-state index in [2.05, 4.69) is 15.6 Å². The second kappa shape index (κ2) is 11.9. The van der Waals surface area contributed by atoms with Crippen LogP contribution >= 0.6 is 23.4 Å². The number of imidazole rings is 1. The molecule has 0 aliphatic carbocycles. The second-order valence-electron chi connectivity index (χ2n) is 8.16. The number of amides is 2. The number of aromatic nitrogens is 2. The van der Waals surface area contributed by atoms with Gasteiger partial charge in [0.1, 0.15) is 5.82 Å². The summed E-state index contributed by atoms with van der Waals surface area (Å²) in [5.74, 6) is 1.09. The molecule has 3 N–H and O–H groups in total. The molecule has 180 valence electrons. The van der Waals surface area contributed by atoms with Gasteiger partial charge in [-0.15, -0.1) is 0 Å². The Morgan fingerprint density at radius 3 is 2.40 bits per heavy atom. The molecule has 2 amide bonds. The van der Waals surface area contributed by atoms with E-state index >= 15 is 0 Å². The molecule has 0 bridgehead atoms. The van der Waals surface area contributed by atoms with Crippen LogP contribution in [0.25, 0.3) is 11.0 Å². The molecule has 2 atom stereocenters. The number of carbonyl (C=O) groups is 2. The number of hydrogen-bond donors (Lipinski definition) is 3. The lowest BCUT2D eigenvalue weighted by atomic mass is 10.0. The molecule has 6 nitrogen and oxygen atoms in total. The fourth-order valence-electron chi connectivity index (χ4n) is 3.91. The monoisotopic (exact) mass is 506 g/mol. The highest BCUT2D eigenvalue weighted by atomic mass is 35.5. The highest BCUT2D eigenvalue weighted by Crippen LogP contribution is 2.23. The number of thioether (sulfide) groups is 1. The van der Waals surface area contributed by atoms with Crippen LogP contribution in [0.5, 0.6) is 0 Å². The van der Waals surface area contributed by atoms with Gasteiger partial charge in [-0.3, -0.25) is 9.59 Å². The minimum absolute atomic E-state index is 0.0796. The summed E-state index contributed by atoms with van der Waals surface area (Å²) in [5.41, 5.74) is 3.00. The van der Waals surface area contributed by atoms with Gasteiger partial charge >= 0.3 is 0 Å².